The van der Waals surface area contributed by atoms with Crippen molar-refractivity contribution >= 4 is 20.0 Å². The number of halogens is 2. The Labute approximate surface area is 221 Å². The Morgan fingerprint density at radius 1 is 0.844 bits per heavy atom. The van der Waals surface area contributed by atoms with Crippen molar-refractivity contribution in [3.8, 4) is 0 Å². The number of allylic oxidation sites excluding steroid dienone is 4. The van der Waals surface area contributed by atoms with Crippen LogP contribution in [0.5, 0.6) is 0 Å². The Morgan fingerprint density at radius 3 is 1.88 bits per heavy atom. The van der Waals surface area contributed by atoms with Gasteiger partial charge in [0.25, 0.3) is 0 Å². The van der Waals surface area contributed by atoms with Crippen LogP contribution >= 0.6 is 0 Å². The molecule has 164 valence electrons. The van der Waals surface area contributed by atoms with Crippen molar-refractivity contribution in [2.24, 2.45) is 5.92 Å². The second-order valence-corrected chi connectivity index (χ2v) is 10.7. The number of hydrogen-bond donors (Lipinski definition) is 0. The SMILES string of the molecule is CN(C1CCCCC1)[Si](=O)CC1C=C2C(=C1)c1ccccc1Cc1ccccc12.[Cl-].[Cl-].[Ti+4]. The van der Waals surface area contributed by atoms with Crippen LogP contribution in [0.1, 0.15) is 54.4 Å². The zero-order valence-electron chi connectivity index (χ0n) is 18.5. The second-order valence-electron chi connectivity index (χ2n) is 8.82. The van der Waals surface area contributed by atoms with E-state index < -0.39 is 8.84 Å². The molecule has 1 fully saturated rings. The molecule has 3 aliphatic rings. The van der Waals surface area contributed by atoms with E-state index in [1.807, 2.05) is 0 Å². The van der Waals surface area contributed by atoms with E-state index in [0.717, 1.165) is 12.5 Å². The van der Waals surface area contributed by atoms with Gasteiger partial charge in [0, 0.05) is 25.1 Å². The van der Waals surface area contributed by atoms with Gasteiger partial charge in [0.15, 0.2) is 0 Å². The summed E-state index contributed by atoms with van der Waals surface area (Å²) in [5.41, 5.74) is 8.15. The first-order valence-electron chi connectivity index (χ1n) is 11.1. The molecule has 0 atom stereocenters. The van der Waals surface area contributed by atoms with Crippen molar-refractivity contribution in [1.29, 1.82) is 0 Å². The molecule has 5 rings (SSSR count). The summed E-state index contributed by atoms with van der Waals surface area (Å²) in [6, 6.07) is 18.8. The van der Waals surface area contributed by atoms with E-state index >= 15 is 0 Å². The zero-order valence-corrected chi connectivity index (χ0v) is 22.6. The molecule has 0 heterocycles. The van der Waals surface area contributed by atoms with Gasteiger partial charge in [0.1, 0.15) is 0 Å². The summed E-state index contributed by atoms with van der Waals surface area (Å²) in [5, 5.41) is 0. The number of benzene rings is 2. The van der Waals surface area contributed by atoms with Gasteiger partial charge < -0.3 is 33.8 Å². The zero-order chi connectivity index (χ0) is 19.8. The second kappa shape index (κ2) is 11.9. The van der Waals surface area contributed by atoms with Gasteiger partial charge in [0.2, 0.25) is 0 Å². The van der Waals surface area contributed by atoms with E-state index in [4.69, 9.17) is 0 Å². The van der Waals surface area contributed by atoms with Crippen LogP contribution in [0.15, 0.2) is 60.7 Å². The van der Waals surface area contributed by atoms with E-state index in [9.17, 15) is 4.46 Å². The molecule has 0 bridgehead atoms. The smallest absolute Gasteiger partial charge is 1.00 e. The molecule has 32 heavy (non-hydrogen) atoms. The van der Waals surface area contributed by atoms with Crippen LogP contribution in [0.25, 0.3) is 11.1 Å². The molecule has 2 nitrogen and oxygen atoms in total. The topological polar surface area (TPSA) is 20.3 Å². The van der Waals surface area contributed by atoms with E-state index in [-0.39, 0.29) is 52.4 Å². The molecule has 0 N–H and O–H groups in total. The van der Waals surface area contributed by atoms with Crippen LogP contribution in [0.4, 0.5) is 0 Å². The molecule has 2 aromatic carbocycles. The van der Waals surface area contributed by atoms with Gasteiger partial charge in [-0.15, -0.1) is 0 Å². The summed E-state index contributed by atoms with van der Waals surface area (Å²) in [7, 11) is 0.333. The van der Waals surface area contributed by atoms with Crippen molar-refractivity contribution in [2.45, 2.75) is 50.6 Å². The molecule has 0 unspecified atom stereocenters. The molecule has 0 aromatic heterocycles. The Hall–Kier alpha value is -0.969. The first-order valence-corrected chi connectivity index (χ1v) is 12.6. The first kappa shape index (κ1) is 27.3. The third-order valence-electron chi connectivity index (χ3n) is 6.97. The van der Waals surface area contributed by atoms with Crippen molar-refractivity contribution in [3.05, 3.63) is 82.9 Å². The predicted molar refractivity (Wildman–Crippen MR) is 121 cm³/mol. The van der Waals surface area contributed by atoms with E-state index in [0.29, 0.717) is 6.04 Å². The summed E-state index contributed by atoms with van der Waals surface area (Å²) < 4.78 is 15.4. The van der Waals surface area contributed by atoms with Crippen molar-refractivity contribution < 1.29 is 51.0 Å². The fraction of sp³-hybridized carbons (Fsp3) is 0.385. The summed E-state index contributed by atoms with van der Waals surface area (Å²) in [5.74, 6) is 0.261. The first-order chi connectivity index (χ1) is 14.2. The van der Waals surface area contributed by atoms with Gasteiger partial charge in [-0.1, -0.05) is 79.9 Å². The standard InChI is InChI=1S/C26H29NOSi.2ClH.Ti/c1-27(22-11-3-2-4-12-22)29(28)18-19-15-25-23-13-7-5-9-20(23)17-21-10-6-8-14-24(21)26(25)16-19;;;/h5-10,13-16,19,22H,2-4,11-12,17-18H2,1H3;2*1H;/q;;;+4/p-2. The van der Waals surface area contributed by atoms with Gasteiger partial charge in [-0.25, -0.2) is 0 Å². The molecule has 0 aliphatic heterocycles. The maximum Gasteiger partial charge on any atom is 4.00 e. The van der Waals surface area contributed by atoms with Crippen LogP contribution in [0.3, 0.4) is 0 Å². The van der Waals surface area contributed by atoms with E-state index in [1.165, 1.54) is 65.5 Å². The summed E-state index contributed by atoms with van der Waals surface area (Å²) in [4.78, 5) is 0. The van der Waals surface area contributed by atoms with Gasteiger partial charge in [-0.2, -0.15) is 0 Å². The average Bonchev–Trinajstić information content (AvgIpc) is 3.12. The fourth-order valence-corrected chi connectivity index (χ4v) is 6.93. The van der Waals surface area contributed by atoms with Crippen molar-refractivity contribution in [1.82, 2.24) is 4.57 Å². The van der Waals surface area contributed by atoms with E-state index in [2.05, 4.69) is 72.3 Å². The number of fused-ring (bicyclic) bond motifs is 5. The van der Waals surface area contributed by atoms with Crippen LogP contribution < -0.4 is 24.8 Å². The van der Waals surface area contributed by atoms with E-state index in [1.54, 1.807) is 0 Å². The number of rotatable bonds is 4. The van der Waals surface area contributed by atoms with Crippen LogP contribution in [0.2, 0.25) is 6.04 Å². The Bertz CT molecular complexity index is 955. The maximum absolute atomic E-state index is 13.2. The normalized spacial score (nSPS) is 17.0. The Morgan fingerprint density at radius 2 is 1.34 bits per heavy atom. The molecule has 0 spiro atoms. The monoisotopic (exact) mass is 517 g/mol. The molecular weight excluding hydrogens is 489 g/mol. The van der Waals surface area contributed by atoms with Crippen LogP contribution in [-0.4, -0.2) is 26.5 Å². The molecule has 2 aromatic rings. The fourth-order valence-electron chi connectivity index (χ4n) is 5.34. The molecule has 0 amide bonds. The molecule has 0 radical (unpaired) electrons. The molecule has 3 aliphatic carbocycles. The Balaban J connectivity index is 0.00000121. The molecule has 1 saturated carbocycles. The van der Waals surface area contributed by atoms with Crippen LogP contribution in [0, 0.1) is 5.92 Å². The third-order valence-corrected chi connectivity index (χ3v) is 8.95. The number of nitrogens with zero attached hydrogens (tertiary/aromatic N) is 1. The average molecular weight is 518 g/mol. The summed E-state index contributed by atoms with van der Waals surface area (Å²) in [6.07, 6.45) is 12.1. The quantitative estimate of drug-likeness (QED) is 0.527. The van der Waals surface area contributed by atoms with Gasteiger partial charge in [0.05, 0.1) is 0 Å². The minimum Gasteiger partial charge on any atom is -1.00 e. The van der Waals surface area contributed by atoms with Gasteiger partial charge >= 0.3 is 30.6 Å². The van der Waals surface area contributed by atoms with Crippen molar-refractivity contribution in [2.75, 3.05) is 7.05 Å². The predicted octanol–water partition coefficient (Wildman–Crippen LogP) is -0.124. The van der Waals surface area contributed by atoms with Gasteiger partial charge in [-0.3, -0.25) is 0 Å². The minimum absolute atomic E-state index is 0. The number of hydrogen-bond acceptors (Lipinski definition) is 1. The van der Waals surface area contributed by atoms with Gasteiger partial charge in [-0.05, 0) is 52.7 Å². The Kier molecular flexibility index (Phi) is 10.2. The molecule has 6 heteroatoms. The van der Waals surface area contributed by atoms with Crippen LogP contribution in [-0.2, 0) is 32.6 Å². The summed E-state index contributed by atoms with van der Waals surface area (Å²) >= 11 is 0. The summed E-state index contributed by atoms with van der Waals surface area (Å²) in [6.45, 7) is 0. The molecule has 0 saturated heterocycles. The minimum atomic E-state index is -1.76. The third kappa shape index (κ3) is 5.39. The maximum atomic E-state index is 13.2. The largest absolute Gasteiger partial charge is 4.00 e. The molecular formula is C26H29Cl2NOSiTi+2. The van der Waals surface area contributed by atoms with Crippen molar-refractivity contribution in [3.63, 3.8) is 0 Å².